The molecule has 1 aliphatic rings. The number of rotatable bonds is 4. The van der Waals surface area contributed by atoms with Crippen molar-refractivity contribution in [2.75, 3.05) is 26.2 Å². The molecule has 1 amide bonds. The molecule has 1 rings (SSSR count). The molecule has 72 valence electrons. The van der Waals surface area contributed by atoms with E-state index in [0.717, 1.165) is 25.9 Å². The van der Waals surface area contributed by atoms with Gasteiger partial charge in [0.2, 0.25) is 5.91 Å². The van der Waals surface area contributed by atoms with Gasteiger partial charge in [-0.2, -0.15) is 0 Å². The summed E-state index contributed by atoms with van der Waals surface area (Å²) in [5.41, 5.74) is 0. The summed E-state index contributed by atoms with van der Waals surface area (Å²) in [6.45, 7) is 3.12. The monoisotopic (exact) mass is 180 g/mol. The molecule has 0 aromatic heterocycles. The molecule has 1 aliphatic heterocycles. The molecule has 0 radical (unpaired) electrons. The van der Waals surface area contributed by atoms with Crippen LogP contribution in [0.15, 0.2) is 0 Å². The summed E-state index contributed by atoms with van der Waals surface area (Å²) < 4.78 is 0. The van der Waals surface area contributed by atoms with Crippen molar-refractivity contribution in [1.82, 2.24) is 10.2 Å². The maximum absolute atomic E-state index is 11.4. The maximum atomic E-state index is 11.4. The van der Waals surface area contributed by atoms with Gasteiger partial charge in [0.25, 0.3) is 0 Å². The van der Waals surface area contributed by atoms with Gasteiger partial charge in [0.1, 0.15) is 0 Å². The number of likely N-dealkylation sites (tertiary alicyclic amines) is 1. The minimum Gasteiger partial charge on any atom is -0.343 e. The molecule has 3 heteroatoms. The smallest absolute Gasteiger partial charge is 0.223 e. The summed E-state index contributed by atoms with van der Waals surface area (Å²) in [7, 11) is 0. The number of hydrogen-bond donors (Lipinski definition) is 1. The Bertz CT molecular complexity index is 201. The standard InChI is InChI=1S/C10H16N2O/c1-2-6-11-7-5-10(13)12-8-3-4-9-12/h1,11H,3-9H2. The van der Waals surface area contributed by atoms with Crippen molar-refractivity contribution in [2.24, 2.45) is 0 Å². The fraction of sp³-hybridized carbons (Fsp3) is 0.700. The van der Waals surface area contributed by atoms with Gasteiger partial charge in [-0.25, -0.2) is 0 Å². The Morgan fingerprint density at radius 2 is 2.15 bits per heavy atom. The molecular weight excluding hydrogens is 164 g/mol. The average molecular weight is 180 g/mol. The van der Waals surface area contributed by atoms with Crippen molar-refractivity contribution in [1.29, 1.82) is 0 Å². The second-order valence-corrected chi connectivity index (χ2v) is 3.22. The van der Waals surface area contributed by atoms with Gasteiger partial charge in [-0.3, -0.25) is 4.79 Å². The molecule has 0 atom stereocenters. The van der Waals surface area contributed by atoms with Crippen LogP contribution in [0.1, 0.15) is 19.3 Å². The zero-order valence-electron chi connectivity index (χ0n) is 7.88. The second kappa shape index (κ2) is 5.60. The van der Waals surface area contributed by atoms with Crippen LogP contribution in [0.4, 0.5) is 0 Å². The number of terminal acetylenes is 1. The van der Waals surface area contributed by atoms with E-state index in [1.54, 1.807) is 0 Å². The number of hydrogen-bond acceptors (Lipinski definition) is 2. The Kier molecular flexibility index (Phi) is 4.34. The van der Waals surface area contributed by atoms with Crippen LogP contribution in [-0.2, 0) is 4.79 Å². The molecular formula is C10H16N2O. The normalized spacial score (nSPS) is 15.8. The first-order valence-corrected chi connectivity index (χ1v) is 4.76. The maximum Gasteiger partial charge on any atom is 0.223 e. The van der Waals surface area contributed by atoms with E-state index in [4.69, 9.17) is 6.42 Å². The minimum absolute atomic E-state index is 0.252. The molecule has 0 aromatic carbocycles. The van der Waals surface area contributed by atoms with Crippen molar-refractivity contribution in [3.63, 3.8) is 0 Å². The molecule has 0 aromatic rings. The molecule has 1 heterocycles. The Morgan fingerprint density at radius 3 is 2.77 bits per heavy atom. The van der Waals surface area contributed by atoms with E-state index in [1.165, 1.54) is 0 Å². The van der Waals surface area contributed by atoms with Crippen LogP contribution in [0.3, 0.4) is 0 Å². The zero-order chi connectivity index (χ0) is 9.52. The number of nitrogens with zero attached hydrogens (tertiary/aromatic N) is 1. The lowest BCUT2D eigenvalue weighted by molar-refractivity contribution is -0.130. The highest BCUT2D eigenvalue weighted by atomic mass is 16.2. The number of carbonyl (C=O) groups excluding carboxylic acids is 1. The lowest BCUT2D eigenvalue weighted by Gasteiger charge is -2.14. The average Bonchev–Trinajstić information content (AvgIpc) is 2.65. The van der Waals surface area contributed by atoms with Crippen LogP contribution < -0.4 is 5.32 Å². The van der Waals surface area contributed by atoms with Crippen molar-refractivity contribution >= 4 is 5.91 Å². The molecule has 0 saturated carbocycles. The first-order valence-electron chi connectivity index (χ1n) is 4.76. The number of nitrogens with one attached hydrogen (secondary N) is 1. The first kappa shape index (κ1) is 10.1. The van der Waals surface area contributed by atoms with Gasteiger partial charge >= 0.3 is 0 Å². The molecule has 0 spiro atoms. The fourth-order valence-electron chi connectivity index (χ4n) is 1.48. The predicted molar refractivity (Wildman–Crippen MR) is 52.1 cm³/mol. The van der Waals surface area contributed by atoms with Gasteiger partial charge in [-0.15, -0.1) is 6.42 Å². The largest absolute Gasteiger partial charge is 0.343 e. The zero-order valence-corrected chi connectivity index (χ0v) is 7.88. The molecule has 1 N–H and O–H groups in total. The van der Waals surface area contributed by atoms with Gasteiger partial charge in [-0.05, 0) is 12.8 Å². The topological polar surface area (TPSA) is 32.3 Å². The van der Waals surface area contributed by atoms with E-state index >= 15 is 0 Å². The fourth-order valence-corrected chi connectivity index (χ4v) is 1.48. The Hall–Kier alpha value is -1.01. The third kappa shape index (κ3) is 3.47. The van der Waals surface area contributed by atoms with E-state index < -0.39 is 0 Å². The van der Waals surface area contributed by atoms with Gasteiger partial charge in [-0.1, -0.05) is 5.92 Å². The summed E-state index contributed by atoms with van der Waals surface area (Å²) in [6, 6.07) is 0. The highest BCUT2D eigenvalue weighted by molar-refractivity contribution is 5.76. The van der Waals surface area contributed by atoms with Crippen LogP contribution in [0.5, 0.6) is 0 Å². The number of amides is 1. The Balaban J connectivity index is 2.07. The van der Waals surface area contributed by atoms with Gasteiger partial charge in [0, 0.05) is 26.1 Å². The highest BCUT2D eigenvalue weighted by Crippen LogP contribution is 2.08. The molecule has 1 fully saturated rings. The summed E-state index contributed by atoms with van der Waals surface area (Å²) in [4.78, 5) is 13.4. The van der Waals surface area contributed by atoms with Crippen LogP contribution in [0.2, 0.25) is 0 Å². The first-order chi connectivity index (χ1) is 6.34. The van der Waals surface area contributed by atoms with E-state index in [0.29, 0.717) is 19.5 Å². The minimum atomic E-state index is 0.252. The van der Waals surface area contributed by atoms with Crippen LogP contribution in [0, 0.1) is 12.3 Å². The molecule has 13 heavy (non-hydrogen) atoms. The van der Waals surface area contributed by atoms with Crippen LogP contribution in [-0.4, -0.2) is 37.0 Å². The highest BCUT2D eigenvalue weighted by Gasteiger charge is 2.16. The molecule has 1 saturated heterocycles. The summed E-state index contributed by atoms with van der Waals surface area (Å²) in [6.07, 6.45) is 7.94. The van der Waals surface area contributed by atoms with Crippen molar-refractivity contribution in [3.8, 4) is 12.3 Å². The van der Waals surface area contributed by atoms with Gasteiger partial charge in [0.05, 0.1) is 6.54 Å². The van der Waals surface area contributed by atoms with Crippen molar-refractivity contribution in [2.45, 2.75) is 19.3 Å². The van der Waals surface area contributed by atoms with Crippen molar-refractivity contribution < 1.29 is 4.79 Å². The van der Waals surface area contributed by atoms with Crippen molar-refractivity contribution in [3.05, 3.63) is 0 Å². The molecule has 0 unspecified atom stereocenters. The SMILES string of the molecule is C#CCNCCC(=O)N1CCCC1. The summed E-state index contributed by atoms with van der Waals surface area (Å²) in [5.74, 6) is 2.73. The van der Waals surface area contributed by atoms with E-state index in [2.05, 4.69) is 11.2 Å². The third-order valence-corrected chi connectivity index (χ3v) is 2.20. The van der Waals surface area contributed by atoms with Gasteiger partial charge < -0.3 is 10.2 Å². The Morgan fingerprint density at radius 1 is 1.46 bits per heavy atom. The lowest BCUT2D eigenvalue weighted by atomic mass is 10.3. The second-order valence-electron chi connectivity index (χ2n) is 3.22. The van der Waals surface area contributed by atoms with E-state index in [9.17, 15) is 4.79 Å². The van der Waals surface area contributed by atoms with E-state index in [-0.39, 0.29) is 5.91 Å². The Labute approximate surface area is 79.5 Å². The quantitative estimate of drug-likeness (QED) is 0.496. The van der Waals surface area contributed by atoms with E-state index in [1.807, 2.05) is 4.90 Å². The van der Waals surface area contributed by atoms with Crippen LogP contribution in [0.25, 0.3) is 0 Å². The molecule has 3 nitrogen and oxygen atoms in total. The molecule has 0 aliphatic carbocycles. The number of carbonyl (C=O) groups is 1. The summed E-state index contributed by atoms with van der Waals surface area (Å²) in [5, 5.41) is 3.01. The van der Waals surface area contributed by atoms with Crippen LogP contribution >= 0.6 is 0 Å². The third-order valence-electron chi connectivity index (χ3n) is 2.20. The predicted octanol–water partition coefficient (Wildman–Crippen LogP) is 0.222. The lowest BCUT2D eigenvalue weighted by Crippen LogP contribution is -2.30. The molecule has 0 bridgehead atoms. The van der Waals surface area contributed by atoms with Gasteiger partial charge in [0.15, 0.2) is 0 Å². The summed E-state index contributed by atoms with van der Waals surface area (Å²) >= 11 is 0.